The van der Waals surface area contributed by atoms with Gasteiger partial charge in [-0.2, -0.15) is 0 Å². The molecule has 3 aromatic rings. The lowest BCUT2D eigenvalue weighted by Gasteiger charge is -2.37. The molecule has 0 aliphatic rings. The third kappa shape index (κ3) is 18.3. The van der Waals surface area contributed by atoms with Crippen LogP contribution in [0.15, 0.2) is 79.4 Å². The Labute approximate surface area is 317 Å². The van der Waals surface area contributed by atoms with E-state index < -0.39 is 0 Å². The highest BCUT2D eigenvalue weighted by Gasteiger charge is 2.40. The molecule has 51 heavy (non-hydrogen) atoms. The van der Waals surface area contributed by atoms with E-state index in [2.05, 4.69) is 109 Å². The molecule has 0 amide bonds. The molecule has 0 aliphatic heterocycles. The Balaban J connectivity index is 1.48. The Morgan fingerprint density at radius 1 is 0.510 bits per heavy atom. The van der Waals surface area contributed by atoms with Crippen molar-refractivity contribution >= 4 is 0 Å². The molecule has 0 saturated heterocycles. The highest BCUT2D eigenvalue weighted by Crippen LogP contribution is 2.41. The van der Waals surface area contributed by atoms with E-state index in [0.29, 0.717) is 6.04 Å². The average Bonchev–Trinajstić information content (AvgIpc) is 3.62. The van der Waals surface area contributed by atoms with Crippen LogP contribution in [0.2, 0.25) is 0 Å². The third-order valence-corrected chi connectivity index (χ3v) is 11.8. The van der Waals surface area contributed by atoms with E-state index in [1.165, 1.54) is 184 Å². The summed E-state index contributed by atoms with van der Waals surface area (Å²) in [5.74, 6) is 0. The van der Waals surface area contributed by atoms with Gasteiger partial charge in [-0.3, -0.25) is 0 Å². The number of nitrogens with zero attached hydrogens (tertiary/aromatic N) is 2. The van der Waals surface area contributed by atoms with Crippen LogP contribution in [-0.4, -0.2) is 4.57 Å². The molecule has 0 fully saturated rings. The summed E-state index contributed by atoms with van der Waals surface area (Å²) in [5.41, 5.74) is 2.91. The largest absolute Gasteiger partial charge is 0.244 e. The molecule has 2 aromatic carbocycles. The molecule has 2 heteroatoms. The van der Waals surface area contributed by atoms with Gasteiger partial charge < -0.3 is 0 Å². The van der Waals surface area contributed by atoms with Gasteiger partial charge in [-0.1, -0.05) is 229 Å². The van der Waals surface area contributed by atoms with E-state index in [9.17, 15) is 0 Å². The summed E-state index contributed by atoms with van der Waals surface area (Å²) >= 11 is 0. The van der Waals surface area contributed by atoms with Gasteiger partial charge in [-0.15, -0.1) is 0 Å². The molecule has 0 aliphatic carbocycles. The smallest absolute Gasteiger partial charge is 0.237 e. The lowest BCUT2D eigenvalue weighted by molar-refractivity contribution is -0.697. The summed E-state index contributed by atoms with van der Waals surface area (Å²) in [4.78, 5) is 0. The van der Waals surface area contributed by atoms with Crippen LogP contribution in [0.1, 0.15) is 211 Å². The van der Waals surface area contributed by atoms with Crippen LogP contribution in [0.5, 0.6) is 0 Å². The Kier molecular flexibility index (Phi) is 23.8. The predicted octanol–water partition coefficient (Wildman–Crippen LogP) is 15.1. The molecule has 3 rings (SSSR count). The summed E-state index contributed by atoms with van der Waals surface area (Å²) in [6, 6.07) is 23.1. The summed E-state index contributed by atoms with van der Waals surface area (Å²) in [6.45, 7) is 8.29. The lowest BCUT2D eigenvalue weighted by Crippen LogP contribution is -2.38. The minimum absolute atomic E-state index is 0.00624. The van der Waals surface area contributed by atoms with Crippen molar-refractivity contribution in [1.29, 1.82) is 0 Å². The molecule has 0 radical (unpaired) electrons. The Bertz CT molecular complexity index is 1180. The normalized spacial score (nSPS) is 13.4. The van der Waals surface area contributed by atoms with Crippen LogP contribution < -0.4 is 4.57 Å². The van der Waals surface area contributed by atoms with Gasteiger partial charge in [0.25, 0.3) is 0 Å². The number of aromatic nitrogens is 2. The fourth-order valence-electron chi connectivity index (χ4n) is 8.44. The van der Waals surface area contributed by atoms with Crippen molar-refractivity contribution in [1.82, 2.24) is 4.57 Å². The highest BCUT2D eigenvalue weighted by atomic mass is 15.1. The fourth-order valence-corrected chi connectivity index (χ4v) is 8.44. The van der Waals surface area contributed by atoms with Crippen LogP contribution >= 0.6 is 0 Å². The van der Waals surface area contributed by atoms with E-state index in [4.69, 9.17) is 0 Å². The summed E-state index contributed by atoms with van der Waals surface area (Å²) in [7, 11) is 0. The minimum atomic E-state index is 0.00624. The molecule has 0 bridgehead atoms. The molecular formula is C49H81N2+. The van der Waals surface area contributed by atoms with Gasteiger partial charge >= 0.3 is 0 Å². The minimum Gasteiger partial charge on any atom is -0.237 e. The lowest BCUT2D eigenvalue weighted by atomic mass is 9.70. The van der Waals surface area contributed by atoms with Gasteiger partial charge in [0, 0.05) is 5.41 Å². The number of rotatable bonds is 33. The van der Waals surface area contributed by atoms with Gasteiger partial charge in [-0.25, -0.2) is 9.13 Å². The molecule has 2 nitrogen and oxygen atoms in total. The van der Waals surface area contributed by atoms with Crippen LogP contribution in [0.25, 0.3) is 0 Å². The van der Waals surface area contributed by atoms with Gasteiger partial charge in [-0.05, 0) is 43.2 Å². The number of aryl methyl sites for hydroxylation is 1. The van der Waals surface area contributed by atoms with E-state index >= 15 is 0 Å². The zero-order valence-electron chi connectivity index (χ0n) is 34.0. The predicted molar refractivity (Wildman–Crippen MR) is 224 cm³/mol. The van der Waals surface area contributed by atoms with E-state index in [-0.39, 0.29) is 5.41 Å². The van der Waals surface area contributed by atoms with Crippen molar-refractivity contribution in [3.63, 3.8) is 0 Å². The maximum atomic E-state index is 2.59. The van der Waals surface area contributed by atoms with Gasteiger partial charge in [0.1, 0.15) is 18.4 Å². The topological polar surface area (TPSA) is 8.81 Å². The van der Waals surface area contributed by atoms with Crippen molar-refractivity contribution in [3.8, 4) is 0 Å². The van der Waals surface area contributed by atoms with Crippen LogP contribution in [0, 0.1) is 0 Å². The molecular weight excluding hydrogens is 617 g/mol. The van der Waals surface area contributed by atoms with E-state index in [0.717, 1.165) is 13.0 Å². The maximum absolute atomic E-state index is 2.59. The summed E-state index contributed by atoms with van der Waals surface area (Å²) in [6.07, 6.45) is 46.1. The van der Waals surface area contributed by atoms with Gasteiger partial charge in [0.2, 0.25) is 6.33 Å². The third-order valence-electron chi connectivity index (χ3n) is 11.8. The Morgan fingerprint density at radius 3 is 1.39 bits per heavy atom. The first-order valence-corrected chi connectivity index (χ1v) is 22.3. The quantitative estimate of drug-likeness (QED) is 0.0442. The first-order valence-electron chi connectivity index (χ1n) is 22.3. The molecule has 1 aromatic heterocycles. The van der Waals surface area contributed by atoms with E-state index in [1.807, 2.05) is 0 Å². The average molecular weight is 698 g/mol. The van der Waals surface area contributed by atoms with Crippen molar-refractivity contribution < 1.29 is 4.57 Å². The van der Waals surface area contributed by atoms with Gasteiger partial charge in [0.05, 0.1) is 6.54 Å². The Hall–Kier alpha value is -2.35. The molecule has 286 valence electrons. The van der Waals surface area contributed by atoms with Crippen molar-refractivity contribution in [2.45, 2.75) is 219 Å². The second-order valence-corrected chi connectivity index (χ2v) is 16.3. The van der Waals surface area contributed by atoms with Crippen LogP contribution in [0.4, 0.5) is 0 Å². The highest BCUT2D eigenvalue weighted by molar-refractivity contribution is 5.30. The Morgan fingerprint density at radius 2 is 0.922 bits per heavy atom. The second-order valence-electron chi connectivity index (χ2n) is 16.3. The van der Waals surface area contributed by atoms with E-state index in [1.54, 1.807) is 0 Å². The molecule has 0 spiro atoms. The first kappa shape index (κ1) is 43.1. The molecule has 0 saturated carbocycles. The molecule has 0 N–H and O–H groups in total. The fraction of sp³-hybridized carbons (Fsp3) is 0.694. The zero-order valence-corrected chi connectivity index (χ0v) is 34.0. The molecule has 2 atom stereocenters. The number of benzene rings is 2. The van der Waals surface area contributed by atoms with Gasteiger partial charge in [0.15, 0.2) is 0 Å². The van der Waals surface area contributed by atoms with Crippen molar-refractivity contribution in [3.05, 3.63) is 90.5 Å². The summed E-state index contributed by atoms with van der Waals surface area (Å²) in [5, 5.41) is 0. The van der Waals surface area contributed by atoms with Crippen LogP contribution in [-0.2, 0) is 18.4 Å². The molecule has 2 unspecified atom stereocenters. The molecule has 1 heterocycles. The van der Waals surface area contributed by atoms with Crippen LogP contribution in [0.3, 0.4) is 0 Å². The zero-order chi connectivity index (χ0) is 36.1. The standard InChI is InChI=1S/C49H81N2/c1-4-6-8-10-12-14-15-16-17-18-19-20-21-22-24-26-34-40-48(49(3,47-38-32-29-33-39-47)44-46-36-30-28-31-37-46)51-43-42-50(45-51)41-35-27-25-23-13-11-9-7-5-2/h28-33,36-39,42-43,45,48H,4-27,34-35,40-41,44H2,1-3H3/q+1. The number of hydrogen-bond donors (Lipinski definition) is 0. The van der Waals surface area contributed by atoms with Crippen molar-refractivity contribution in [2.24, 2.45) is 0 Å². The second kappa shape index (κ2) is 28.2. The SMILES string of the molecule is CCCCCCCCCCCCCCCCCCCC(n1cc[n+](CCCCCCCCCCC)c1)C(C)(Cc1ccccc1)c1ccccc1. The number of unbranched alkanes of at least 4 members (excludes halogenated alkanes) is 24. The maximum Gasteiger partial charge on any atom is 0.244 e. The monoisotopic (exact) mass is 698 g/mol. The summed E-state index contributed by atoms with van der Waals surface area (Å²) < 4.78 is 5.06. The number of hydrogen-bond acceptors (Lipinski definition) is 0. The van der Waals surface area contributed by atoms with Crippen molar-refractivity contribution in [2.75, 3.05) is 0 Å². The number of imidazole rings is 1. The first-order chi connectivity index (χ1) is 25.2.